The number of fused-ring (bicyclic) bond motifs is 1. The number of nitrogens with one attached hydrogen (secondary N) is 1. The second-order valence-corrected chi connectivity index (χ2v) is 6.74. The molecule has 0 amide bonds. The molecule has 1 aliphatic heterocycles. The summed E-state index contributed by atoms with van der Waals surface area (Å²) in [5.74, 6) is 0.945. The molecular formula is C16H15BrClNO. The van der Waals surface area contributed by atoms with Crippen LogP contribution in [-0.2, 0) is 0 Å². The number of ether oxygens (including phenoxy) is 1. The van der Waals surface area contributed by atoms with Crippen LogP contribution in [0.2, 0.25) is 5.02 Å². The topological polar surface area (TPSA) is 21.3 Å². The van der Waals surface area contributed by atoms with E-state index in [0.717, 1.165) is 15.9 Å². The lowest BCUT2D eigenvalue weighted by Gasteiger charge is -2.28. The van der Waals surface area contributed by atoms with Gasteiger partial charge in [0.2, 0.25) is 0 Å². The quantitative estimate of drug-likeness (QED) is 0.778. The summed E-state index contributed by atoms with van der Waals surface area (Å²) in [6, 6.07) is 14.0. The van der Waals surface area contributed by atoms with Crippen molar-refractivity contribution in [1.29, 1.82) is 0 Å². The van der Waals surface area contributed by atoms with E-state index >= 15 is 0 Å². The molecule has 1 atom stereocenters. The maximum atomic E-state index is 6.04. The van der Waals surface area contributed by atoms with E-state index in [0.29, 0.717) is 5.02 Å². The van der Waals surface area contributed by atoms with Crippen molar-refractivity contribution in [2.45, 2.75) is 25.5 Å². The monoisotopic (exact) mass is 351 g/mol. The number of halogens is 2. The summed E-state index contributed by atoms with van der Waals surface area (Å²) in [4.78, 5) is 0. The molecule has 20 heavy (non-hydrogen) atoms. The standard InChI is InChI=1S/C16H15BrClNO/c1-16(2)15(11-5-3-4-6-14(11)20-16)19-13-8-7-10(18)9-12(13)17/h3-9,15,19H,1-2H3. The van der Waals surface area contributed by atoms with Crippen molar-refractivity contribution in [3.05, 3.63) is 57.5 Å². The minimum absolute atomic E-state index is 0.0937. The van der Waals surface area contributed by atoms with Gasteiger partial charge in [-0.3, -0.25) is 0 Å². The normalized spacial score (nSPS) is 19.3. The van der Waals surface area contributed by atoms with Crippen molar-refractivity contribution in [3.63, 3.8) is 0 Å². The van der Waals surface area contributed by atoms with E-state index in [1.54, 1.807) is 0 Å². The zero-order valence-electron chi connectivity index (χ0n) is 11.3. The largest absolute Gasteiger partial charge is 0.485 e. The van der Waals surface area contributed by atoms with Gasteiger partial charge in [0.1, 0.15) is 11.4 Å². The SMILES string of the molecule is CC1(C)Oc2ccccc2C1Nc1ccc(Cl)cc1Br. The van der Waals surface area contributed by atoms with Crippen LogP contribution >= 0.6 is 27.5 Å². The number of benzene rings is 2. The molecule has 3 rings (SSSR count). The Morgan fingerprint density at radius 2 is 1.95 bits per heavy atom. The third-order valence-electron chi connectivity index (χ3n) is 3.53. The van der Waals surface area contributed by atoms with Crippen molar-refractivity contribution in [1.82, 2.24) is 0 Å². The Morgan fingerprint density at radius 1 is 1.20 bits per heavy atom. The zero-order valence-corrected chi connectivity index (χ0v) is 13.6. The van der Waals surface area contributed by atoms with E-state index in [1.807, 2.05) is 36.4 Å². The molecule has 1 heterocycles. The van der Waals surface area contributed by atoms with E-state index in [2.05, 4.69) is 41.2 Å². The van der Waals surface area contributed by atoms with Crippen LogP contribution in [-0.4, -0.2) is 5.60 Å². The fraction of sp³-hybridized carbons (Fsp3) is 0.250. The van der Waals surface area contributed by atoms with Crippen molar-refractivity contribution in [2.24, 2.45) is 0 Å². The molecule has 0 radical (unpaired) electrons. The Morgan fingerprint density at radius 3 is 2.70 bits per heavy atom. The van der Waals surface area contributed by atoms with Gasteiger partial charge in [0.05, 0.1) is 6.04 Å². The minimum atomic E-state index is -0.303. The van der Waals surface area contributed by atoms with Gasteiger partial charge in [-0.2, -0.15) is 0 Å². The number of rotatable bonds is 2. The molecule has 0 saturated heterocycles. The first-order valence-electron chi connectivity index (χ1n) is 6.47. The molecule has 0 aromatic heterocycles. The lowest BCUT2D eigenvalue weighted by molar-refractivity contribution is 0.118. The number of anilines is 1. The second kappa shape index (κ2) is 4.97. The summed E-state index contributed by atoms with van der Waals surface area (Å²) in [6.07, 6.45) is 0. The third-order valence-corrected chi connectivity index (χ3v) is 4.42. The molecule has 1 N–H and O–H groups in total. The van der Waals surface area contributed by atoms with Gasteiger partial charge in [-0.05, 0) is 54.0 Å². The van der Waals surface area contributed by atoms with Crippen LogP contribution in [0.4, 0.5) is 5.69 Å². The van der Waals surface area contributed by atoms with Gasteiger partial charge in [-0.15, -0.1) is 0 Å². The Bertz CT molecular complexity index is 657. The van der Waals surface area contributed by atoms with Gasteiger partial charge < -0.3 is 10.1 Å². The van der Waals surface area contributed by atoms with Crippen molar-refractivity contribution >= 4 is 33.2 Å². The Hall–Kier alpha value is -1.19. The summed E-state index contributed by atoms with van der Waals surface area (Å²) in [6.45, 7) is 4.18. The maximum Gasteiger partial charge on any atom is 0.128 e. The first kappa shape index (κ1) is 13.8. The highest BCUT2D eigenvalue weighted by molar-refractivity contribution is 9.10. The van der Waals surface area contributed by atoms with Crippen LogP contribution in [0.1, 0.15) is 25.5 Å². The molecular weight excluding hydrogens is 338 g/mol. The van der Waals surface area contributed by atoms with Gasteiger partial charge in [0, 0.05) is 20.7 Å². The number of hydrogen-bond donors (Lipinski definition) is 1. The molecule has 0 spiro atoms. The van der Waals surface area contributed by atoms with E-state index in [1.165, 1.54) is 5.56 Å². The van der Waals surface area contributed by atoms with E-state index < -0.39 is 0 Å². The molecule has 1 unspecified atom stereocenters. The number of hydrogen-bond acceptors (Lipinski definition) is 2. The molecule has 2 aromatic rings. The molecule has 4 heteroatoms. The molecule has 1 aliphatic rings. The van der Waals surface area contributed by atoms with Crippen molar-refractivity contribution in [2.75, 3.05) is 5.32 Å². The van der Waals surface area contributed by atoms with E-state index in [9.17, 15) is 0 Å². The highest BCUT2D eigenvalue weighted by Crippen LogP contribution is 2.45. The van der Waals surface area contributed by atoms with Crippen LogP contribution < -0.4 is 10.1 Å². The molecule has 0 saturated carbocycles. The van der Waals surface area contributed by atoms with Gasteiger partial charge in [0.25, 0.3) is 0 Å². The highest BCUT2D eigenvalue weighted by atomic mass is 79.9. The van der Waals surface area contributed by atoms with Gasteiger partial charge >= 0.3 is 0 Å². The van der Waals surface area contributed by atoms with E-state index in [4.69, 9.17) is 16.3 Å². The lowest BCUT2D eigenvalue weighted by Crippen LogP contribution is -2.34. The second-order valence-electron chi connectivity index (χ2n) is 5.44. The first-order valence-corrected chi connectivity index (χ1v) is 7.64. The van der Waals surface area contributed by atoms with Crippen LogP contribution in [0.5, 0.6) is 5.75 Å². The highest BCUT2D eigenvalue weighted by Gasteiger charge is 2.41. The van der Waals surface area contributed by atoms with Crippen molar-refractivity contribution in [3.8, 4) is 5.75 Å². The Labute approximate surface area is 132 Å². The average molecular weight is 353 g/mol. The van der Waals surface area contributed by atoms with Crippen LogP contribution in [0.3, 0.4) is 0 Å². The zero-order chi connectivity index (χ0) is 14.3. The van der Waals surface area contributed by atoms with E-state index in [-0.39, 0.29) is 11.6 Å². The molecule has 104 valence electrons. The smallest absolute Gasteiger partial charge is 0.128 e. The van der Waals surface area contributed by atoms with Crippen LogP contribution in [0.15, 0.2) is 46.9 Å². The lowest BCUT2D eigenvalue weighted by atomic mass is 9.94. The van der Waals surface area contributed by atoms with Gasteiger partial charge in [-0.1, -0.05) is 29.8 Å². The summed E-state index contributed by atoms with van der Waals surface area (Å²) in [5, 5.41) is 4.27. The molecule has 0 aliphatic carbocycles. The summed E-state index contributed by atoms with van der Waals surface area (Å²) in [7, 11) is 0. The predicted molar refractivity (Wildman–Crippen MR) is 86.7 cm³/mol. The summed E-state index contributed by atoms with van der Waals surface area (Å²) < 4.78 is 6.99. The fourth-order valence-electron chi connectivity index (χ4n) is 2.54. The van der Waals surface area contributed by atoms with Gasteiger partial charge in [0.15, 0.2) is 0 Å². The molecule has 0 fully saturated rings. The fourth-order valence-corrected chi connectivity index (χ4v) is 3.34. The average Bonchev–Trinajstić information content (AvgIpc) is 2.63. The molecule has 2 nitrogen and oxygen atoms in total. The van der Waals surface area contributed by atoms with Crippen LogP contribution in [0, 0.1) is 0 Å². The number of para-hydroxylation sites is 1. The van der Waals surface area contributed by atoms with Crippen molar-refractivity contribution < 1.29 is 4.74 Å². The maximum absolute atomic E-state index is 6.04. The van der Waals surface area contributed by atoms with Crippen LogP contribution in [0.25, 0.3) is 0 Å². The molecule has 2 aromatic carbocycles. The predicted octanol–water partition coefficient (Wildman–Crippen LogP) is 5.43. The summed E-state index contributed by atoms with van der Waals surface area (Å²) in [5.41, 5.74) is 1.88. The third kappa shape index (κ3) is 2.40. The summed E-state index contributed by atoms with van der Waals surface area (Å²) >= 11 is 9.53. The Balaban J connectivity index is 1.97. The first-order chi connectivity index (χ1) is 9.47. The molecule has 0 bridgehead atoms. The minimum Gasteiger partial charge on any atom is -0.485 e. The Kier molecular flexibility index (Phi) is 3.43. The van der Waals surface area contributed by atoms with Gasteiger partial charge in [-0.25, -0.2) is 0 Å².